The van der Waals surface area contributed by atoms with Gasteiger partial charge in [-0.3, -0.25) is 0 Å². The van der Waals surface area contributed by atoms with Crippen molar-refractivity contribution in [2.45, 2.75) is 39.5 Å². The van der Waals surface area contributed by atoms with Gasteiger partial charge in [-0.25, -0.2) is 9.79 Å². The zero-order valence-electron chi connectivity index (χ0n) is 7.97. The molecule has 68 valence electrons. The molecule has 2 nitrogen and oxygen atoms in total. The number of nitrogens with zero attached hydrogens (tertiary/aromatic N) is 1. The molecule has 0 atom stereocenters. The second-order valence-corrected chi connectivity index (χ2v) is 4.54. The molecular weight excluding hydrogens is 150 g/mol. The van der Waals surface area contributed by atoms with Crippen LogP contribution in [0, 0.1) is 11.3 Å². The van der Waals surface area contributed by atoms with E-state index < -0.39 is 0 Å². The van der Waals surface area contributed by atoms with Crippen LogP contribution in [0.2, 0.25) is 0 Å². The average molecular weight is 167 g/mol. The molecular formula is C10H17NO. The van der Waals surface area contributed by atoms with Crippen molar-refractivity contribution in [2.24, 2.45) is 16.3 Å². The van der Waals surface area contributed by atoms with Gasteiger partial charge < -0.3 is 0 Å². The highest BCUT2D eigenvalue weighted by molar-refractivity contribution is 5.32. The van der Waals surface area contributed by atoms with E-state index in [-0.39, 0.29) is 0 Å². The number of carbonyl (C=O) groups excluding carboxylic acids is 1. The lowest BCUT2D eigenvalue weighted by Crippen LogP contribution is -2.22. The topological polar surface area (TPSA) is 29.4 Å². The molecule has 0 bridgehead atoms. The van der Waals surface area contributed by atoms with Crippen LogP contribution < -0.4 is 0 Å². The molecule has 0 N–H and O–H groups in total. The quantitative estimate of drug-likeness (QED) is 0.459. The van der Waals surface area contributed by atoms with Crippen LogP contribution in [0.25, 0.3) is 0 Å². The van der Waals surface area contributed by atoms with Crippen LogP contribution >= 0.6 is 0 Å². The smallest absolute Gasteiger partial charge is 0.211 e. The Morgan fingerprint density at radius 2 is 2.00 bits per heavy atom. The van der Waals surface area contributed by atoms with Crippen molar-refractivity contribution >= 4 is 6.08 Å². The van der Waals surface area contributed by atoms with Gasteiger partial charge >= 0.3 is 0 Å². The summed E-state index contributed by atoms with van der Waals surface area (Å²) in [6.07, 6.45) is 6.59. The van der Waals surface area contributed by atoms with Gasteiger partial charge in [-0.15, -0.1) is 0 Å². The van der Waals surface area contributed by atoms with E-state index in [0.29, 0.717) is 17.9 Å². The summed E-state index contributed by atoms with van der Waals surface area (Å²) in [6.45, 7) is 5.32. The second kappa shape index (κ2) is 3.86. The van der Waals surface area contributed by atoms with Gasteiger partial charge in [-0.2, -0.15) is 0 Å². The van der Waals surface area contributed by atoms with Gasteiger partial charge in [0, 0.05) is 0 Å². The first-order chi connectivity index (χ1) is 5.64. The third kappa shape index (κ3) is 2.78. The van der Waals surface area contributed by atoms with E-state index in [9.17, 15) is 4.79 Å². The Balaban J connectivity index is 2.31. The summed E-state index contributed by atoms with van der Waals surface area (Å²) < 4.78 is 0. The van der Waals surface area contributed by atoms with Crippen molar-refractivity contribution in [1.82, 2.24) is 0 Å². The number of isocyanates is 1. The van der Waals surface area contributed by atoms with Crippen LogP contribution in [0.1, 0.15) is 39.5 Å². The summed E-state index contributed by atoms with van der Waals surface area (Å²) in [5.41, 5.74) is 0.515. The molecule has 1 saturated carbocycles. The molecule has 2 heteroatoms. The maximum atomic E-state index is 9.88. The number of hydrogen-bond donors (Lipinski definition) is 0. The van der Waals surface area contributed by atoms with Crippen molar-refractivity contribution in [3.8, 4) is 0 Å². The molecule has 0 heterocycles. The molecule has 0 unspecified atom stereocenters. The normalized spacial score (nSPS) is 23.2. The van der Waals surface area contributed by atoms with Gasteiger partial charge in [-0.1, -0.05) is 13.8 Å². The fourth-order valence-electron chi connectivity index (χ4n) is 1.81. The lowest BCUT2D eigenvalue weighted by atomic mass is 9.73. The second-order valence-electron chi connectivity index (χ2n) is 4.54. The third-order valence-corrected chi connectivity index (χ3v) is 2.87. The summed E-state index contributed by atoms with van der Waals surface area (Å²) >= 11 is 0. The summed E-state index contributed by atoms with van der Waals surface area (Å²) in [6, 6.07) is 0. The fourth-order valence-corrected chi connectivity index (χ4v) is 1.81. The molecule has 0 radical (unpaired) electrons. The first-order valence-corrected chi connectivity index (χ1v) is 4.68. The van der Waals surface area contributed by atoms with Crippen molar-refractivity contribution < 1.29 is 4.79 Å². The van der Waals surface area contributed by atoms with E-state index in [1.165, 1.54) is 25.7 Å². The van der Waals surface area contributed by atoms with Crippen molar-refractivity contribution in [2.75, 3.05) is 6.54 Å². The van der Waals surface area contributed by atoms with Crippen molar-refractivity contribution in [3.63, 3.8) is 0 Å². The molecule has 0 aromatic rings. The minimum atomic E-state index is 0.515. The molecule has 0 spiro atoms. The minimum Gasteiger partial charge on any atom is -0.211 e. The van der Waals surface area contributed by atoms with Gasteiger partial charge in [0.15, 0.2) is 0 Å². The van der Waals surface area contributed by atoms with Crippen LogP contribution in [-0.2, 0) is 4.79 Å². The van der Waals surface area contributed by atoms with Gasteiger partial charge in [0.05, 0.1) is 6.54 Å². The van der Waals surface area contributed by atoms with E-state index >= 15 is 0 Å². The summed E-state index contributed by atoms with van der Waals surface area (Å²) in [7, 11) is 0. The molecule has 1 fully saturated rings. The van der Waals surface area contributed by atoms with Crippen LogP contribution in [0.5, 0.6) is 0 Å². The first kappa shape index (κ1) is 9.47. The van der Waals surface area contributed by atoms with Gasteiger partial charge in [0.1, 0.15) is 0 Å². The summed E-state index contributed by atoms with van der Waals surface area (Å²) in [5.74, 6) is 0.638. The third-order valence-electron chi connectivity index (χ3n) is 2.87. The molecule has 1 aliphatic carbocycles. The Morgan fingerprint density at radius 1 is 1.42 bits per heavy atom. The molecule has 1 rings (SSSR count). The highest BCUT2D eigenvalue weighted by Crippen LogP contribution is 2.37. The fraction of sp³-hybridized carbons (Fsp3) is 0.900. The van der Waals surface area contributed by atoms with E-state index in [0.717, 1.165) is 0 Å². The molecule has 0 amide bonds. The number of hydrogen-bond acceptors (Lipinski definition) is 2. The molecule has 0 aromatic carbocycles. The largest absolute Gasteiger partial charge is 0.234 e. The van der Waals surface area contributed by atoms with Gasteiger partial charge in [-0.05, 0) is 37.0 Å². The maximum absolute atomic E-state index is 9.88. The molecule has 12 heavy (non-hydrogen) atoms. The minimum absolute atomic E-state index is 0.515. The zero-order valence-corrected chi connectivity index (χ0v) is 7.97. The highest BCUT2D eigenvalue weighted by atomic mass is 16.1. The summed E-state index contributed by atoms with van der Waals surface area (Å²) in [4.78, 5) is 13.5. The number of rotatable bonds is 2. The Morgan fingerprint density at radius 3 is 2.50 bits per heavy atom. The van der Waals surface area contributed by atoms with E-state index in [4.69, 9.17) is 0 Å². The Labute approximate surface area is 74.1 Å². The van der Waals surface area contributed by atoms with Crippen molar-refractivity contribution in [1.29, 1.82) is 0 Å². The molecule has 1 aliphatic rings. The lowest BCUT2D eigenvalue weighted by molar-refractivity contribution is 0.195. The van der Waals surface area contributed by atoms with Crippen LogP contribution in [0.4, 0.5) is 0 Å². The SMILES string of the molecule is CC1(C)CCC(CN=C=O)CC1. The molecule has 0 aromatic heterocycles. The zero-order chi connectivity index (χ0) is 9.03. The molecule has 0 saturated heterocycles. The predicted octanol–water partition coefficient (Wildman–Crippen LogP) is 2.54. The number of aliphatic imine (C=N–C) groups is 1. The van der Waals surface area contributed by atoms with Gasteiger partial charge in [0.2, 0.25) is 6.08 Å². The molecule has 0 aliphatic heterocycles. The van der Waals surface area contributed by atoms with Crippen LogP contribution in [0.3, 0.4) is 0 Å². The van der Waals surface area contributed by atoms with E-state index in [1.54, 1.807) is 6.08 Å². The van der Waals surface area contributed by atoms with Gasteiger partial charge in [0.25, 0.3) is 0 Å². The Kier molecular flexibility index (Phi) is 3.05. The average Bonchev–Trinajstić information content (AvgIpc) is 2.03. The summed E-state index contributed by atoms with van der Waals surface area (Å²) in [5, 5.41) is 0. The lowest BCUT2D eigenvalue weighted by Gasteiger charge is -2.33. The first-order valence-electron chi connectivity index (χ1n) is 4.68. The predicted molar refractivity (Wildman–Crippen MR) is 48.7 cm³/mol. The monoisotopic (exact) mass is 167 g/mol. The highest BCUT2D eigenvalue weighted by Gasteiger charge is 2.26. The van der Waals surface area contributed by atoms with E-state index in [1.807, 2.05) is 0 Å². The Hall–Kier alpha value is -0.620. The Bertz CT molecular complexity index is 182. The van der Waals surface area contributed by atoms with Crippen LogP contribution in [0.15, 0.2) is 4.99 Å². The maximum Gasteiger partial charge on any atom is 0.234 e. The van der Waals surface area contributed by atoms with E-state index in [2.05, 4.69) is 18.8 Å². The standard InChI is InChI=1S/C10H17NO/c1-10(2)5-3-9(4-6-10)7-11-8-12/h9H,3-7H2,1-2H3. The van der Waals surface area contributed by atoms with Crippen LogP contribution in [-0.4, -0.2) is 12.6 Å². The van der Waals surface area contributed by atoms with Crippen molar-refractivity contribution in [3.05, 3.63) is 0 Å².